The van der Waals surface area contributed by atoms with Gasteiger partial charge in [-0.1, -0.05) is 0 Å². The van der Waals surface area contributed by atoms with E-state index in [1.165, 1.54) is 0 Å². The first-order chi connectivity index (χ1) is 5.40. The first kappa shape index (κ1) is 4.50. The molecule has 50 valence electrons. The first-order valence-corrected chi connectivity index (χ1v) is 3.02. The Hall–Kier alpha value is -1.31. The molecule has 0 radical (unpaired) electrons. The van der Waals surface area contributed by atoms with Crippen molar-refractivity contribution >= 4 is 11.0 Å². The number of hydrogen-bond donors (Lipinski definition) is 0. The van der Waals surface area contributed by atoms with Crippen LogP contribution >= 0.6 is 0 Å². The number of aromatic nitrogens is 1. The summed E-state index contributed by atoms with van der Waals surface area (Å²) in [6.07, 6.45) is 3.41. The lowest BCUT2D eigenvalue weighted by molar-refractivity contribution is 0.578. The lowest BCUT2D eigenvalue weighted by atomic mass is 10.3. The molecule has 2 heterocycles. The highest BCUT2D eigenvalue weighted by Gasteiger charge is 1.96. The van der Waals surface area contributed by atoms with Crippen LogP contribution in [0.5, 0.6) is 0 Å². The Morgan fingerprint density at radius 3 is 3.50 bits per heavy atom. The van der Waals surface area contributed by atoms with E-state index in [4.69, 9.17) is 5.79 Å². The van der Waals surface area contributed by atoms with Crippen molar-refractivity contribution in [3.8, 4) is 0 Å². The molecular formula is C8H7NO. The minimum Gasteiger partial charge on any atom is -0.461 e. The van der Waals surface area contributed by atoms with E-state index in [0.29, 0.717) is 5.76 Å². The van der Waals surface area contributed by atoms with Crippen molar-refractivity contribution in [2.45, 2.75) is 6.90 Å². The summed E-state index contributed by atoms with van der Waals surface area (Å²) in [6, 6.07) is 3.64. The highest BCUT2D eigenvalue weighted by Crippen LogP contribution is 2.15. The molecule has 2 aromatic heterocycles. The molecule has 2 rings (SSSR count). The third kappa shape index (κ3) is 0.692. The first-order valence-electron chi connectivity index (χ1n) is 3.72. The lowest BCUT2D eigenvalue weighted by Gasteiger charge is -1.81. The van der Waals surface area contributed by atoms with Crippen molar-refractivity contribution in [3.63, 3.8) is 0 Å². The van der Waals surface area contributed by atoms with E-state index in [9.17, 15) is 0 Å². The van der Waals surface area contributed by atoms with Gasteiger partial charge in [0.05, 0.1) is 0 Å². The van der Waals surface area contributed by atoms with Gasteiger partial charge in [-0.15, -0.1) is 0 Å². The SMILES string of the molecule is [2H]Cc1cc2cnccc2o1. The summed E-state index contributed by atoms with van der Waals surface area (Å²) in [5.74, 6) is 0.688. The number of aryl methyl sites for hydroxylation is 1. The van der Waals surface area contributed by atoms with E-state index < -0.39 is 0 Å². The van der Waals surface area contributed by atoms with Crippen molar-refractivity contribution in [2.75, 3.05) is 0 Å². The molecule has 0 bridgehead atoms. The normalized spacial score (nSPS) is 11.8. The van der Waals surface area contributed by atoms with Crippen molar-refractivity contribution < 1.29 is 5.79 Å². The fraction of sp³-hybridized carbons (Fsp3) is 0.125. The average molecular weight is 134 g/mol. The lowest BCUT2D eigenvalue weighted by Crippen LogP contribution is -1.65. The molecule has 0 N–H and O–H groups in total. The van der Waals surface area contributed by atoms with Crippen LogP contribution in [0.3, 0.4) is 0 Å². The van der Waals surface area contributed by atoms with Crippen molar-refractivity contribution in [1.82, 2.24) is 4.98 Å². The van der Waals surface area contributed by atoms with Gasteiger partial charge in [0.15, 0.2) is 0 Å². The second-order valence-electron chi connectivity index (χ2n) is 2.13. The summed E-state index contributed by atoms with van der Waals surface area (Å²) >= 11 is 0. The topological polar surface area (TPSA) is 26.0 Å². The molecule has 2 heteroatoms. The van der Waals surface area contributed by atoms with Gasteiger partial charge in [0.2, 0.25) is 0 Å². The molecule has 0 amide bonds. The fourth-order valence-corrected chi connectivity index (χ4v) is 0.939. The molecule has 0 saturated carbocycles. The molecule has 0 atom stereocenters. The minimum atomic E-state index is 0.189. The number of furan rings is 1. The Morgan fingerprint density at radius 1 is 1.70 bits per heavy atom. The minimum absolute atomic E-state index is 0.189. The van der Waals surface area contributed by atoms with Gasteiger partial charge in [-0.2, -0.15) is 0 Å². The quantitative estimate of drug-likeness (QED) is 0.551. The summed E-state index contributed by atoms with van der Waals surface area (Å²) in [7, 11) is 0. The van der Waals surface area contributed by atoms with Gasteiger partial charge in [-0.05, 0) is 19.0 Å². The highest BCUT2D eigenvalue weighted by molar-refractivity contribution is 5.76. The predicted octanol–water partition coefficient (Wildman–Crippen LogP) is 2.14. The Kier molecular flexibility index (Phi) is 0.826. The number of rotatable bonds is 0. The molecule has 0 spiro atoms. The van der Waals surface area contributed by atoms with Crippen LogP contribution in [0.2, 0.25) is 0 Å². The van der Waals surface area contributed by atoms with Gasteiger partial charge >= 0.3 is 0 Å². The summed E-state index contributed by atoms with van der Waals surface area (Å²) in [5, 5.41) is 0.967. The summed E-state index contributed by atoms with van der Waals surface area (Å²) in [4.78, 5) is 3.94. The van der Waals surface area contributed by atoms with Crippen LogP contribution in [0.4, 0.5) is 0 Å². The molecule has 0 aliphatic rings. The van der Waals surface area contributed by atoms with E-state index in [0.717, 1.165) is 11.0 Å². The van der Waals surface area contributed by atoms with Crippen LogP contribution in [0.15, 0.2) is 28.9 Å². The summed E-state index contributed by atoms with van der Waals surface area (Å²) in [5.41, 5.74) is 0.808. The van der Waals surface area contributed by atoms with E-state index in [1.807, 2.05) is 6.07 Å². The highest BCUT2D eigenvalue weighted by atomic mass is 16.3. The molecule has 2 nitrogen and oxygen atoms in total. The molecular weight excluding hydrogens is 126 g/mol. The third-order valence-corrected chi connectivity index (χ3v) is 1.37. The van der Waals surface area contributed by atoms with Gasteiger partial charge < -0.3 is 4.42 Å². The standard InChI is InChI=1S/C8H7NO/c1-6-4-7-5-9-3-2-8(7)10-6/h2-5H,1H3/i1D. The van der Waals surface area contributed by atoms with Crippen molar-refractivity contribution in [3.05, 3.63) is 30.3 Å². The molecule has 0 aromatic carbocycles. The Balaban J connectivity index is 2.69. The monoisotopic (exact) mass is 134 g/mol. The van der Waals surface area contributed by atoms with Gasteiger partial charge in [-0.3, -0.25) is 4.98 Å². The zero-order chi connectivity index (χ0) is 7.68. The van der Waals surface area contributed by atoms with Crippen LogP contribution < -0.4 is 0 Å². The second-order valence-corrected chi connectivity index (χ2v) is 2.13. The van der Waals surface area contributed by atoms with Crippen LogP contribution in [0.1, 0.15) is 7.13 Å². The smallest absolute Gasteiger partial charge is 0.137 e. The van der Waals surface area contributed by atoms with Crippen LogP contribution in [0.25, 0.3) is 11.0 Å². The Bertz CT molecular complexity index is 336. The third-order valence-electron chi connectivity index (χ3n) is 1.37. The van der Waals surface area contributed by atoms with E-state index in [1.54, 1.807) is 18.5 Å². The molecule has 0 fully saturated rings. The zero-order valence-corrected chi connectivity index (χ0v) is 5.37. The van der Waals surface area contributed by atoms with Gasteiger partial charge in [0.1, 0.15) is 11.3 Å². The van der Waals surface area contributed by atoms with Crippen LogP contribution in [0, 0.1) is 6.90 Å². The van der Waals surface area contributed by atoms with Gasteiger partial charge in [-0.25, -0.2) is 0 Å². The molecule has 0 saturated heterocycles. The molecule has 0 unspecified atom stereocenters. The van der Waals surface area contributed by atoms with Crippen LogP contribution in [-0.4, -0.2) is 4.98 Å². The number of pyridine rings is 1. The maximum atomic E-state index is 7.06. The maximum absolute atomic E-state index is 7.06. The van der Waals surface area contributed by atoms with E-state index in [2.05, 4.69) is 4.98 Å². The molecule has 0 aliphatic heterocycles. The summed E-state index contributed by atoms with van der Waals surface area (Å²) < 4.78 is 12.4. The van der Waals surface area contributed by atoms with E-state index >= 15 is 0 Å². The fourth-order valence-electron chi connectivity index (χ4n) is 0.939. The van der Waals surface area contributed by atoms with Crippen molar-refractivity contribution in [1.29, 1.82) is 0 Å². The van der Waals surface area contributed by atoms with Gasteiger partial charge in [0, 0.05) is 19.2 Å². The van der Waals surface area contributed by atoms with Crippen LogP contribution in [-0.2, 0) is 0 Å². The Morgan fingerprint density at radius 2 is 2.70 bits per heavy atom. The number of nitrogens with zero attached hydrogens (tertiary/aromatic N) is 1. The average Bonchev–Trinajstić information content (AvgIpc) is 2.46. The molecule has 2 aromatic rings. The Labute approximate surface area is 59.9 Å². The predicted molar refractivity (Wildman–Crippen MR) is 38.7 cm³/mol. The maximum Gasteiger partial charge on any atom is 0.137 e. The van der Waals surface area contributed by atoms with Crippen molar-refractivity contribution in [2.24, 2.45) is 0 Å². The van der Waals surface area contributed by atoms with E-state index in [-0.39, 0.29) is 6.90 Å². The number of fused-ring (bicyclic) bond motifs is 1. The molecule has 0 aliphatic carbocycles. The molecule has 10 heavy (non-hydrogen) atoms. The second kappa shape index (κ2) is 1.84. The zero-order valence-electron chi connectivity index (χ0n) is 6.37. The summed E-state index contributed by atoms with van der Waals surface area (Å²) in [6.45, 7) is 0.189. The number of hydrogen-bond acceptors (Lipinski definition) is 2. The largest absolute Gasteiger partial charge is 0.461 e. The van der Waals surface area contributed by atoms with Gasteiger partial charge in [0.25, 0.3) is 0 Å².